The SMILES string of the molecule is O=[P-]=O.[Na+]. The molecule has 0 heterocycles. The average Bonchev–Trinajstić information content (AvgIpc) is 0.918. The number of hydrogen-bond donors (Lipinski definition) is 0. The largest absolute Gasteiger partial charge is 1.00 e. The fourth-order valence-electron chi connectivity index (χ4n) is 0. The summed E-state index contributed by atoms with van der Waals surface area (Å²) in [5.74, 6) is 0. The molecule has 0 radical (unpaired) electrons. The Kier molecular flexibility index (Phi) is 20.1. The van der Waals surface area contributed by atoms with E-state index in [2.05, 4.69) is 0 Å². The van der Waals surface area contributed by atoms with Gasteiger partial charge in [0, 0.05) is 0 Å². The predicted octanol–water partition coefficient (Wildman–Crippen LogP) is -2.37. The summed E-state index contributed by atoms with van der Waals surface area (Å²) in [6.45, 7) is 0. The van der Waals surface area contributed by atoms with Crippen LogP contribution in [0.2, 0.25) is 0 Å². The van der Waals surface area contributed by atoms with E-state index in [-0.39, 0.29) is 29.6 Å². The Bertz CT molecular complexity index is 27.0. The molecule has 4 heavy (non-hydrogen) atoms. The van der Waals surface area contributed by atoms with E-state index in [4.69, 9.17) is 9.13 Å². The molecule has 0 fully saturated rings. The summed E-state index contributed by atoms with van der Waals surface area (Å²) in [7, 11) is -1.08. The molecule has 2 nitrogen and oxygen atoms in total. The van der Waals surface area contributed by atoms with Gasteiger partial charge in [-0.3, -0.25) is 0 Å². The topological polar surface area (TPSA) is 34.1 Å². The van der Waals surface area contributed by atoms with Gasteiger partial charge in [0.15, 0.2) is 0 Å². The van der Waals surface area contributed by atoms with Crippen LogP contribution in [0, 0.1) is 0 Å². The minimum atomic E-state index is -1.08. The van der Waals surface area contributed by atoms with Gasteiger partial charge in [-0.05, 0) is 0 Å². The fraction of sp³-hybridized carbons (Fsp3) is 0. The molecule has 0 aromatic heterocycles. The van der Waals surface area contributed by atoms with Gasteiger partial charge < -0.3 is 9.13 Å². The van der Waals surface area contributed by atoms with E-state index in [1.54, 1.807) is 0 Å². The molecule has 0 spiro atoms. The maximum absolute atomic E-state index is 8.35. The van der Waals surface area contributed by atoms with Crippen LogP contribution in [0.1, 0.15) is 0 Å². The molecular formula is NaO2P. The molecule has 4 heteroatoms. The van der Waals surface area contributed by atoms with Crippen molar-refractivity contribution in [1.29, 1.82) is 0 Å². The first-order chi connectivity index (χ1) is 1.41. The van der Waals surface area contributed by atoms with Gasteiger partial charge in [-0.25, -0.2) is 0 Å². The average molecular weight is 86.0 g/mol. The zero-order valence-corrected chi connectivity index (χ0v) is 5.16. The molecule has 0 atom stereocenters. The monoisotopic (exact) mass is 86.0 g/mol. The molecule has 0 amide bonds. The van der Waals surface area contributed by atoms with Crippen molar-refractivity contribution in [3.8, 4) is 0 Å². The maximum atomic E-state index is 8.35. The van der Waals surface area contributed by atoms with E-state index in [1.165, 1.54) is 0 Å². The first-order valence-electron chi connectivity index (χ1n) is 0.365. The van der Waals surface area contributed by atoms with Crippen molar-refractivity contribution in [1.82, 2.24) is 0 Å². The van der Waals surface area contributed by atoms with E-state index < -0.39 is 8.34 Å². The maximum Gasteiger partial charge on any atom is 1.00 e. The van der Waals surface area contributed by atoms with Crippen LogP contribution in [0.3, 0.4) is 0 Å². The van der Waals surface area contributed by atoms with Gasteiger partial charge in [0.25, 0.3) is 0 Å². The minimum Gasteiger partial charge on any atom is -0.474 e. The third kappa shape index (κ3) is 12.9. The molecule has 0 N–H and O–H groups in total. The Hall–Kier alpha value is 0.900. The molecule has 0 unspecified atom stereocenters. The van der Waals surface area contributed by atoms with Crippen LogP contribution in [0.5, 0.6) is 0 Å². The smallest absolute Gasteiger partial charge is 0.474 e. The van der Waals surface area contributed by atoms with Crippen LogP contribution in [-0.4, -0.2) is 0 Å². The van der Waals surface area contributed by atoms with Crippen LogP contribution in [-0.2, 0) is 9.13 Å². The summed E-state index contributed by atoms with van der Waals surface area (Å²) in [4.78, 5) is 0. The Morgan fingerprint density at radius 3 is 1.25 bits per heavy atom. The van der Waals surface area contributed by atoms with Crippen LogP contribution < -0.4 is 29.6 Å². The van der Waals surface area contributed by atoms with E-state index in [0.717, 1.165) is 0 Å². The normalized spacial score (nSPS) is 3.00. The molecule has 0 saturated heterocycles. The zero-order valence-electron chi connectivity index (χ0n) is 2.26. The van der Waals surface area contributed by atoms with Crippen molar-refractivity contribution in [3.63, 3.8) is 0 Å². The Morgan fingerprint density at radius 2 is 1.25 bits per heavy atom. The molecular weight excluding hydrogens is 86.0 g/mol. The second-order valence-corrected chi connectivity index (χ2v) is 0.224. The Morgan fingerprint density at radius 1 is 1.25 bits per heavy atom. The van der Waals surface area contributed by atoms with E-state index >= 15 is 0 Å². The second kappa shape index (κ2) is 9.09. The van der Waals surface area contributed by atoms with Gasteiger partial charge in [-0.15, -0.1) is 0 Å². The van der Waals surface area contributed by atoms with Crippen molar-refractivity contribution in [2.45, 2.75) is 0 Å². The van der Waals surface area contributed by atoms with Crippen molar-refractivity contribution >= 4 is 8.34 Å². The number of rotatable bonds is 0. The molecule has 0 aromatic rings. The van der Waals surface area contributed by atoms with Crippen molar-refractivity contribution in [2.75, 3.05) is 0 Å². The van der Waals surface area contributed by atoms with Crippen molar-refractivity contribution in [3.05, 3.63) is 0 Å². The molecule has 0 bridgehead atoms. The minimum absolute atomic E-state index is 0. The molecule has 0 rings (SSSR count). The molecule has 0 aliphatic rings. The summed E-state index contributed by atoms with van der Waals surface area (Å²) < 4.78 is 16.7. The first kappa shape index (κ1) is 8.86. The van der Waals surface area contributed by atoms with Crippen molar-refractivity contribution < 1.29 is 38.7 Å². The second-order valence-electron chi connectivity index (χ2n) is 0.0745. The Balaban J connectivity index is 0. The predicted molar refractivity (Wildman–Crippen MR) is 8.29 cm³/mol. The summed E-state index contributed by atoms with van der Waals surface area (Å²) in [5, 5.41) is 0. The van der Waals surface area contributed by atoms with Crippen molar-refractivity contribution in [2.24, 2.45) is 0 Å². The zero-order chi connectivity index (χ0) is 2.71. The molecule has 18 valence electrons. The summed E-state index contributed by atoms with van der Waals surface area (Å²) in [6, 6.07) is 0. The van der Waals surface area contributed by atoms with E-state index in [0.29, 0.717) is 0 Å². The van der Waals surface area contributed by atoms with Gasteiger partial charge in [-0.1, -0.05) is 8.34 Å². The standard InChI is InChI=1S/Na.O2P/c;1-3-2/q+1;-1. The molecule has 0 aliphatic heterocycles. The molecule has 0 saturated carbocycles. The van der Waals surface area contributed by atoms with Gasteiger partial charge in [0.2, 0.25) is 0 Å². The quantitative estimate of drug-likeness (QED) is 0.244. The molecule has 0 aromatic carbocycles. The van der Waals surface area contributed by atoms with Crippen LogP contribution in [0.4, 0.5) is 0 Å². The Labute approximate surface area is 47.1 Å². The van der Waals surface area contributed by atoms with Gasteiger partial charge in [-0.2, -0.15) is 0 Å². The van der Waals surface area contributed by atoms with E-state index in [9.17, 15) is 0 Å². The fourth-order valence-corrected chi connectivity index (χ4v) is 0. The molecule has 0 aliphatic carbocycles. The van der Waals surface area contributed by atoms with E-state index in [1.807, 2.05) is 0 Å². The summed E-state index contributed by atoms with van der Waals surface area (Å²) in [6.07, 6.45) is 0. The van der Waals surface area contributed by atoms with Crippen LogP contribution in [0.15, 0.2) is 0 Å². The third-order valence-electron chi connectivity index (χ3n) is 0. The third-order valence-corrected chi connectivity index (χ3v) is 0. The number of hydrogen-bond acceptors (Lipinski definition) is 2. The first-order valence-corrected chi connectivity index (χ1v) is 1.10. The summed E-state index contributed by atoms with van der Waals surface area (Å²) >= 11 is 0. The van der Waals surface area contributed by atoms with Gasteiger partial charge in [0.05, 0.1) is 0 Å². The van der Waals surface area contributed by atoms with Crippen LogP contribution >= 0.6 is 8.34 Å². The van der Waals surface area contributed by atoms with Gasteiger partial charge >= 0.3 is 29.6 Å². The van der Waals surface area contributed by atoms with Crippen LogP contribution in [0.25, 0.3) is 0 Å². The summed E-state index contributed by atoms with van der Waals surface area (Å²) in [5.41, 5.74) is 0. The van der Waals surface area contributed by atoms with Gasteiger partial charge in [0.1, 0.15) is 0 Å².